The molecule has 0 unspecified atom stereocenters. The lowest BCUT2D eigenvalue weighted by atomic mass is 10.1. The Balaban J connectivity index is 1.68. The van der Waals surface area contributed by atoms with E-state index in [0.717, 1.165) is 11.3 Å². The van der Waals surface area contributed by atoms with Crippen LogP contribution in [-0.4, -0.2) is 30.5 Å². The predicted octanol–water partition coefficient (Wildman–Crippen LogP) is 3.15. The molecule has 26 heavy (non-hydrogen) atoms. The molecule has 0 fully saturated rings. The van der Waals surface area contributed by atoms with Gasteiger partial charge in [-0.25, -0.2) is 0 Å². The van der Waals surface area contributed by atoms with Gasteiger partial charge in [0.1, 0.15) is 11.4 Å². The highest BCUT2D eigenvalue weighted by Gasteiger charge is 2.11. The third-order valence-electron chi connectivity index (χ3n) is 3.74. The lowest BCUT2D eigenvalue weighted by Crippen LogP contribution is -2.29. The molecule has 0 heterocycles. The van der Waals surface area contributed by atoms with Crippen molar-refractivity contribution in [3.05, 3.63) is 64.2 Å². The fourth-order valence-corrected chi connectivity index (χ4v) is 2.45. The van der Waals surface area contributed by atoms with E-state index in [1.807, 2.05) is 31.2 Å². The van der Waals surface area contributed by atoms with Gasteiger partial charge in [-0.15, -0.1) is 0 Å². The number of benzene rings is 2. The first-order valence-corrected chi connectivity index (χ1v) is 8.56. The van der Waals surface area contributed by atoms with Gasteiger partial charge < -0.3 is 15.4 Å². The van der Waals surface area contributed by atoms with Gasteiger partial charge in [0.05, 0.1) is 11.5 Å². The van der Waals surface area contributed by atoms with Gasteiger partial charge in [0, 0.05) is 25.6 Å². The number of para-hydroxylation sites is 2. The minimum atomic E-state index is -0.433. The molecule has 2 aromatic rings. The minimum absolute atomic E-state index is 0.0225. The standard InChI is InChI=1S/C19H23N3O4/c1-2-26-16-10-7-15(8-11-16)9-12-19(23)21-14-13-20-17-5-3-4-6-18(17)22(24)25/h3-8,10-11,20H,2,9,12-14H2,1H3,(H,21,23). The molecule has 0 saturated heterocycles. The molecule has 2 N–H and O–H groups in total. The average Bonchev–Trinajstić information content (AvgIpc) is 2.65. The second-order valence-corrected chi connectivity index (χ2v) is 5.63. The van der Waals surface area contributed by atoms with E-state index in [1.165, 1.54) is 6.07 Å². The minimum Gasteiger partial charge on any atom is -0.494 e. The van der Waals surface area contributed by atoms with Crippen molar-refractivity contribution < 1.29 is 14.5 Å². The molecule has 0 spiro atoms. The highest BCUT2D eigenvalue weighted by molar-refractivity contribution is 5.76. The van der Waals surface area contributed by atoms with Crippen LogP contribution in [0.2, 0.25) is 0 Å². The summed E-state index contributed by atoms with van der Waals surface area (Å²) >= 11 is 0. The Kier molecular flexibility index (Phi) is 7.42. The zero-order valence-corrected chi connectivity index (χ0v) is 14.7. The van der Waals surface area contributed by atoms with E-state index in [9.17, 15) is 14.9 Å². The van der Waals surface area contributed by atoms with E-state index in [-0.39, 0.29) is 11.6 Å². The number of nitro benzene ring substituents is 1. The molecule has 7 nitrogen and oxygen atoms in total. The lowest BCUT2D eigenvalue weighted by Gasteiger charge is -2.09. The number of amides is 1. The molecule has 0 aromatic heterocycles. The zero-order valence-electron chi connectivity index (χ0n) is 14.7. The topological polar surface area (TPSA) is 93.5 Å². The fraction of sp³-hybridized carbons (Fsp3) is 0.316. The Morgan fingerprint density at radius 3 is 2.54 bits per heavy atom. The van der Waals surface area contributed by atoms with Crippen LogP contribution in [0, 0.1) is 10.1 Å². The van der Waals surface area contributed by atoms with Crippen molar-refractivity contribution in [2.45, 2.75) is 19.8 Å². The van der Waals surface area contributed by atoms with Crippen LogP contribution in [0.3, 0.4) is 0 Å². The van der Waals surface area contributed by atoms with Crippen LogP contribution >= 0.6 is 0 Å². The fourth-order valence-electron chi connectivity index (χ4n) is 2.45. The molecule has 138 valence electrons. The summed E-state index contributed by atoms with van der Waals surface area (Å²) in [6.45, 7) is 3.37. The third kappa shape index (κ3) is 6.08. The number of nitrogens with zero attached hydrogens (tertiary/aromatic N) is 1. The Bertz CT molecular complexity index is 732. The van der Waals surface area contributed by atoms with Crippen LogP contribution < -0.4 is 15.4 Å². The van der Waals surface area contributed by atoms with Crippen LogP contribution in [0.1, 0.15) is 18.9 Å². The maximum atomic E-state index is 11.9. The molecule has 0 radical (unpaired) electrons. The van der Waals surface area contributed by atoms with Crippen molar-refractivity contribution in [2.24, 2.45) is 0 Å². The summed E-state index contributed by atoms with van der Waals surface area (Å²) in [4.78, 5) is 22.4. The number of nitro groups is 1. The van der Waals surface area contributed by atoms with E-state index < -0.39 is 4.92 Å². The van der Waals surface area contributed by atoms with E-state index >= 15 is 0 Å². The molecule has 0 aliphatic heterocycles. The maximum absolute atomic E-state index is 11.9. The molecule has 0 aliphatic rings. The van der Waals surface area contributed by atoms with Crippen LogP contribution in [0.25, 0.3) is 0 Å². The molecule has 0 bridgehead atoms. The monoisotopic (exact) mass is 357 g/mol. The van der Waals surface area contributed by atoms with Crippen molar-refractivity contribution in [1.82, 2.24) is 5.32 Å². The first-order chi connectivity index (χ1) is 12.6. The normalized spacial score (nSPS) is 10.2. The molecule has 1 amide bonds. The highest BCUT2D eigenvalue weighted by atomic mass is 16.6. The summed E-state index contributed by atoms with van der Waals surface area (Å²) in [5, 5.41) is 16.7. The van der Waals surface area contributed by atoms with E-state index in [4.69, 9.17) is 4.74 Å². The van der Waals surface area contributed by atoms with Gasteiger partial charge in [0.2, 0.25) is 5.91 Å². The number of aryl methyl sites for hydroxylation is 1. The van der Waals surface area contributed by atoms with Gasteiger partial charge in [0.15, 0.2) is 0 Å². The van der Waals surface area contributed by atoms with Crippen LogP contribution in [-0.2, 0) is 11.2 Å². The Hall–Kier alpha value is -3.09. The zero-order chi connectivity index (χ0) is 18.8. The molecular weight excluding hydrogens is 334 g/mol. The third-order valence-corrected chi connectivity index (χ3v) is 3.74. The Morgan fingerprint density at radius 1 is 1.12 bits per heavy atom. The summed E-state index contributed by atoms with van der Waals surface area (Å²) in [6, 6.07) is 14.1. The second kappa shape index (κ2) is 10.0. The first-order valence-electron chi connectivity index (χ1n) is 8.56. The lowest BCUT2D eigenvalue weighted by molar-refractivity contribution is -0.384. The van der Waals surface area contributed by atoms with Gasteiger partial charge in [-0.05, 0) is 37.1 Å². The SMILES string of the molecule is CCOc1ccc(CCC(=O)NCCNc2ccccc2[N+](=O)[O-])cc1. The van der Waals surface area contributed by atoms with E-state index in [1.54, 1.807) is 18.2 Å². The quantitative estimate of drug-likeness (QED) is 0.387. The molecule has 0 aliphatic carbocycles. The van der Waals surface area contributed by atoms with Crippen LogP contribution in [0.15, 0.2) is 48.5 Å². The number of rotatable bonds is 10. The number of carbonyl (C=O) groups is 1. The van der Waals surface area contributed by atoms with E-state index in [0.29, 0.717) is 38.2 Å². The average molecular weight is 357 g/mol. The Morgan fingerprint density at radius 2 is 1.85 bits per heavy atom. The van der Waals surface area contributed by atoms with Gasteiger partial charge in [-0.3, -0.25) is 14.9 Å². The first kappa shape index (κ1) is 19.2. The molecule has 0 atom stereocenters. The number of carbonyl (C=O) groups excluding carboxylic acids is 1. The van der Waals surface area contributed by atoms with Crippen molar-refractivity contribution in [2.75, 3.05) is 25.0 Å². The Labute approximate surface area is 152 Å². The second-order valence-electron chi connectivity index (χ2n) is 5.63. The highest BCUT2D eigenvalue weighted by Crippen LogP contribution is 2.22. The maximum Gasteiger partial charge on any atom is 0.292 e. The van der Waals surface area contributed by atoms with Gasteiger partial charge in [-0.1, -0.05) is 24.3 Å². The van der Waals surface area contributed by atoms with Crippen LogP contribution in [0.4, 0.5) is 11.4 Å². The summed E-state index contributed by atoms with van der Waals surface area (Å²) in [6.07, 6.45) is 1.04. The number of hydrogen-bond acceptors (Lipinski definition) is 5. The van der Waals surface area contributed by atoms with Crippen molar-refractivity contribution in [3.63, 3.8) is 0 Å². The van der Waals surface area contributed by atoms with Gasteiger partial charge in [0.25, 0.3) is 5.69 Å². The summed E-state index contributed by atoms with van der Waals surface area (Å²) in [5.41, 5.74) is 1.54. The number of ether oxygens (including phenoxy) is 1. The molecular formula is C19H23N3O4. The van der Waals surface area contributed by atoms with E-state index in [2.05, 4.69) is 10.6 Å². The molecule has 7 heteroatoms. The smallest absolute Gasteiger partial charge is 0.292 e. The van der Waals surface area contributed by atoms with Crippen molar-refractivity contribution >= 4 is 17.3 Å². The molecule has 2 aromatic carbocycles. The number of anilines is 1. The number of nitrogens with one attached hydrogen (secondary N) is 2. The van der Waals surface area contributed by atoms with Crippen LogP contribution in [0.5, 0.6) is 5.75 Å². The van der Waals surface area contributed by atoms with Crippen molar-refractivity contribution in [3.8, 4) is 5.75 Å². The number of hydrogen-bond donors (Lipinski definition) is 2. The summed E-state index contributed by atoms with van der Waals surface area (Å²) < 4.78 is 5.38. The van der Waals surface area contributed by atoms with Gasteiger partial charge >= 0.3 is 0 Å². The summed E-state index contributed by atoms with van der Waals surface area (Å²) in [5.74, 6) is 0.769. The summed E-state index contributed by atoms with van der Waals surface area (Å²) in [7, 11) is 0. The largest absolute Gasteiger partial charge is 0.494 e. The molecule has 2 rings (SSSR count). The van der Waals surface area contributed by atoms with Gasteiger partial charge in [-0.2, -0.15) is 0 Å². The van der Waals surface area contributed by atoms with Crippen molar-refractivity contribution in [1.29, 1.82) is 0 Å². The molecule has 0 saturated carbocycles. The predicted molar refractivity (Wildman–Crippen MR) is 101 cm³/mol.